The average Bonchev–Trinajstić information content (AvgIpc) is 3.22. The Morgan fingerprint density at radius 3 is 2.42 bits per heavy atom. The van der Waals surface area contributed by atoms with E-state index in [1.807, 2.05) is 66.7 Å². The Morgan fingerprint density at radius 1 is 0.909 bits per heavy atom. The number of benzene rings is 2. The Kier molecular flexibility index (Phi) is 6.46. The Labute approximate surface area is 195 Å². The highest BCUT2D eigenvalue weighted by atomic mass is 16.5. The summed E-state index contributed by atoms with van der Waals surface area (Å²) in [5, 5.41) is 10.9. The third kappa shape index (κ3) is 5.13. The molecule has 0 amide bonds. The molecule has 1 aliphatic heterocycles. The number of nitrogens with two attached hydrogens (primary N) is 1. The molecule has 0 radical (unpaired) electrons. The smallest absolute Gasteiger partial charge is 0.161 e. The second-order valence-electron chi connectivity index (χ2n) is 9.18. The lowest BCUT2D eigenvalue weighted by atomic mass is 9.78. The van der Waals surface area contributed by atoms with Gasteiger partial charge in [0.15, 0.2) is 11.5 Å². The van der Waals surface area contributed by atoms with Gasteiger partial charge in [0.1, 0.15) is 18.5 Å². The molecule has 2 aromatic carbocycles. The van der Waals surface area contributed by atoms with Gasteiger partial charge in [-0.2, -0.15) is 0 Å². The molecule has 172 valence electrons. The zero-order valence-corrected chi connectivity index (χ0v) is 18.7. The van der Waals surface area contributed by atoms with E-state index in [0.29, 0.717) is 35.8 Å². The molecule has 1 saturated heterocycles. The number of anilines is 1. The van der Waals surface area contributed by atoms with Gasteiger partial charge in [-0.25, -0.2) is 4.98 Å². The summed E-state index contributed by atoms with van der Waals surface area (Å²) < 4.78 is 12.4. The number of nitrogen functional groups attached to an aromatic ring is 1. The summed E-state index contributed by atoms with van der Waals surface area (Å²) in [7, 11) is 0. The van der Waals surface area contributed by atoms with Crippen LogP contribution < -0.4 is 15.2 Å². The number of aliphatic hydroxyl groups excluding tert-OH is 1. The van der Waals surface area contributed by atoms with Crippen LogP contribution in [0.4, 0.5) is 5.82 Å². The Bertz CT molecular complexity index is 1060. The standard InChI is InChI=1S/C27H31N3O3/c28-27-20(9-6-12-29-27)15-30-16-21-13-23(31)26(14-22(21)17-30)33-25-11-5-4-10-24(25)32-18-19-7-2-1-3-8-19/h1-12,21-23,26,31H,13-18H2,(H2,28,29)/t21-,22+,23+,26+/m0/s1. The first-order chi connectivity index (χ1) is 16.2. The van der Waals surface area contributed by atoms with E-state index in [9.17, 15) is 5.11 Å². The summed E-state index contributed by atoms with van der Waals surface area (Å²) in [6.45, 7) is 3.23. The van der Waals surface area contributed by atoms with Crippen molar-refractivity contribution in [3.63, 3.8) is 0 Å². The average molecular weight is 446 g/mol. The number of rotatable bonds is 7. The molecular weight excluding hydrogens is 414 g/mol. The minimum Gasteiger partial charge on any atom is -0.485 e. The highest BCUT2D eigenvalue weighted by molar-refractivity contribution is 5.40. The Balaban J connectivity index is 1.22. The van der Waals surface area contributed by atoms with E-state index in [-0.39, 0.29) is 6.10 Å². The summed E-state index contributed by atoms with van der Waals surface area (Å²) >= 11 is 0. The third-order valence-corrected chi connectivity index (χ3v) is 6.85. The number of aliphatic hydroxyl groups is 1. The van der Waals surface area contributed by atoms with Crippen molar-refractivity contribution < 1.29 is 14.6 Å². The molecule has 3 N–H and O–H groups in total. The van der Waals surface area contributed by atoms with Gasteiger partial charge in [0.05, 0.1) is 6.10 Å². The largest absolute Gasteiger partial charge is 0.485 e. The highest BCUT2D eigenvalue weighted by Gasteiger charge is 2.42. The lowest BCUT2D eigenvalue weighted by Crippen LogP contribution is -2.42. The first kappa shape index (κ1) is 21.7. The number of hydrogen-bond donors (Lipinski definition) is 2. The number of hydrogen-bond acceptors (Lipinski definition) is 6. The molecule has 6 nitrogen and oxygen atoms in total. The van der Waals surface area contributed by atoms with E-state index < -0.39 is 6.10 Å². The van der Waals surface area contributed by atoms with E-state index in [1.165, 1.54) is 0 Å². The monoisotopic (exact) mass is 445 g/mol. The fourth-order valence-corrected chi connectivity index (χ4v) is 5.13. The van der Waals surface area contributed by atoms with Crippen LogP contribution in [0.15, 0.2) is 72.9 Å². The third-order valence-electron chi connectivity index (χ3n) is 6.85. The van der Waals surface area contributed by atoms with Crippen molar-refractivity contribution in [2.24, 2.45) is 11.8 Å². The molecule has 5 rings (SSSR count). The summed E-state index contributed by atoms with van der Waals surface area (Å²) in [4.78, 5) is 6.63. The topological polar surface area (TPSA) is 80.8 Å². The molecular formula is C27H31N3O3. The van der Waals surface area contributed by atoms with Crippen LogP contribution in [0.3, 0.4) is 0 Å². The van der Waals surface area contributed by atoms with Gasteiger partial charge < -0.3 is 20.3 Å². The second-order valence-corrected chi connectivity index (χ2v) is 9.18. The van der Waals surface area contributed by atoms with Crippen LogP contribution in [0.5, 0.6) is 11.5 Å². The molecule has 4 atom stereocenters. The molecule has 1 aliphatic carbocycles. The molecule has 1 saturated carbocycles. The van der Waals surface area contributed by atoms with Crippen molar-refractivity contribution >= 4 is 5.82 Å². The lowest BCUT2D eigenvalue weighted by Gasteiger charge is -2.35. The van der Waals surface area contributed by atoms with Crippen molar-refractivity contribution in [1.29, 1.82) is 0 Å². The van der Waals surface area contributed by atoms with Crippen LogP contribution in [0.1, 0.15) is 24.0 Å². The summed E-state index contributed by atoms with van der Waals surface area (Å²) in [6, 6.07) is 21.8. The minimum absolute atomic E-state index is 0.240. The number of nitrogens with zero attached hydrogens (tertiary/aromatic N) is 2. The zero-order valence-electron chi connectivity index (χ0n) is 18.7. The fourth-order valence-electron chi connectivity index (χ4n) is 5.13. The van der Waals surface area contributed by atoms with E-state index >= 15 is 0 Å². The molecule has 0 unspecified atom stereocenters. The van der Waals surface area contributed by atoms with Crippen LogP contribution in [-0.4, -0.2) is 40.3 Å². The van der Waals surface area contributed by atoms with Gasteiger partial charge in [-0.15, -0.1) is 0 Å². The van der Waals surface area contributed by atoms with Gasteiger partial charge in [-0.3, -0.25) is 4.90 Å². The first-order valence-corrected chi connectivity index (χ1v) is 11.7. The normalized spacial score (nSPS) is 24.9. The lowest BCUT2D eigenvalue weighted by molar-refractivity contribution is -0.0243. The molecule has 2 heterocycles. The van der Waals surface area contributed by atoms with Gasteiger partial charge in [-0.1, -0.05) is 48.5 Å². The number of ether oxygens (including phenoxy) is 2. The predicted molar refractivity (Wildman–Crippen MR) is 128 cm³/mol. The fraction of sp³-hybridized carbons (Fsp3) is 0.370. The number of likely N-dealkylation sites (tertiary alicyclic amines) is 1. The van der Waals surface area contributed by atoms with E-state index in [1.54, 1.807) is 6.20 Å². The second kappa shape index (κ2) is 9.81. The predicted octanol–water partition coefficient (Wildman–Crippen LogP) is 3.89. The maximum Gasteiger partial charge on any atom is 0.161 e. The van der Waals surface area contributed by atoms with Gasteiger partial charge in [-0.05, 0) is 48.4 Å². The molecule has 1 aromatic heterocycles. The highest BCUT2D eigenvalue weighted by Crippen LogP contribution is 2.40. The number of aromatic nitrogens is 1. The maximum atomic E-state index is 10.9. The molecule has 0 spiro atoms. The maximum absolute atomic E-state index is 10.9. The van der Waals surface area contributed by atoms with E-state index in [2.05, 4.69) is 9.88 Å². The number of para-hydroxylation sites is 2. The minimum atomic E-state index is -0.489. The zero-order chi connectivity index (χ0) is 22.6. The SMILES string of the molecule is Nc1ncccc1CN1C[C@H]2C[C@@H](Oc3ccccc3OCc3ccccc3)[C@H](O)C[C@H]2C1. The van der Waals surface area contributed by atoms with Crippen LogP contribution in [0, 0.1) is 11.8 Å². The van der Waals surface area contributed by atoms with Crippen molar-refractivity contribution in [3.8, 4) is 11.5 Å². The molecule has 2 aliphatic rings. The van der Waals surface area contributed by atoms with Gasteiger partial charge >= 0.3 is 0 Å². The van der Waals surface area contributed by atoms with Crippen LogP contribution in [0.25, 0.3) is 0 Å². The van der Waals surface area contributed by atoms with Crippen molar-refractivity contribution in [3.05, 3.63) is 84.1 Å². The molecule has 33 heavy (non-hydrogen) atoms. The van der Waals surface area contributed by atoms with Gasteiger partial charge in [0.25, 0.3) is 0 Å². The summed E-state index contributed by atoms with van der Waals surface area (Å²) in [5.74, 6) is 2.96. The van der Waals surface area contributed by atoms with Crippen molar-refractivity contribution in [1.82, 2.24) is 9.88 Å². The Hall–Kier alpha value is -3.09. The molecule has 6 heteroatoms. The van der Waals surface area contributed by atoms with Crippen LogP contribution >= 0.6 is 0 Å². The summed E-state index contributed by atoms with van der Waals surface area (Å²) in [5.41, 5.74) is 8.21. The van der Waals surface area contributed by atoms with Gasteiger partial charge in [0.2, 0.25) is 0 Å². The van der Waals surface area contributed by atoms with Gasteiger partial charge in [0, 0.05) is 31.4 Å². The van der Waals surface area contributed by atoms with Crippen LogP contribution in [-0.2, 0) is 13.2 Å². The van der Waals surface area contributed by atoms with Crippen molar-refractivity contribution in [2.45, 2.75) is 38.2 Å². The van der Waals surface area contributed by atoms with E-state index in [0.717, 1.165) is 43.6 Å². The number of pyridine rings is 1. The number of fused-ring (bicyclic) bond motifs is 1. The van der Waals surface area contributed by atoms with Crippen molar-refractivity contribution in [2.75, 3.05) is 18.8 Å². The summed E-state index contributed by atoms with van der Waals surface area (Å²) in [6.07, 6.45) is 2.58. The Morgan fingerprint density at radius 2 is 1.64 bits per heavy atom. The first-order valence-electron chi connectivity index (χ1n) is 11.7. The molecule has 2 fully saturated rings. The molecule has 3 aromatic rings. The molecule has 0 bridgehead atoms. The van der Waals surface area contributed by atoms with E-state index in [4.69, 9.17) is 15.2 Å². The quantitative estimate of drug-likeness (QED) is 0.574. The van der Waals surface area contributed by atoms with Crippen LogP contribution in [0.2, 0.25) is 0 Å².